The second-order valence-electron chi connectivity index (χ2n) is 3.44. The van der Waals surface area contributed by atoms with Crippen LogP contribution < -0.4 is 5.32 Å². The van der Waals surface area contributed by atoms with Gasteiger partial charge in [-0.05, 0) is 19.1 Å². The van der Waals surface area contributed by atoms with Crippen LogP contribution in [0.5, 0.6) is 0 Å². The maximum atomic E-state index is 5.49. The molecule has 0 radical (unpaired) electrons. The molecule has 3 heteroatoms. The summed E-state index contributed by atoms with van der Waals surface area (Å²) in [6.45, 7) is 4.53. The van der Waals surface area contributed by atoms with Crippen LogP contribution in [0.3, 0.4) is 0 Å². The summed E-state index contributed by atoms with van der Waals surface area (Å²) in [4.78, 5) is 0. The lowest BCUT2D eigenvalue weighted by atomic mass is 10.1. The number of hydrogen-bond acceptors (Lipinski definition) is 3. The molecule has 1 unspecified atom stereocenters. The molecule has 1 aliphatic rings. The van der Waals surface area contributed by atoms with E-state index in [0.717, 1.165) is 37.7 Å². The fourth-order valence-corrected chi connectivity index (χ4v) is 1.59. The Morgan fingerprint density at radius 1 is 1.54 bits per heavy atom. The Bertz CT molecular complexity index is 264. The van der Waals surface area contributed by atoms with Gasteiger partial charge in [-0.25, -0.2) is 0 Å². The molecule has 3 nitrogen and oxygen atoms in total. The Morgan fingerprint density at radius 2 is 2.46 bits per heavy atom. The summed E-state index contributed by atoms with van der Waals surface area (Å²) in [5.41, 5.74) is 0. The average Bonchev–Trinajstić information content (AvgIpc) is 2.53. The predicted octanol–water partition coefficient (Wildman–Crippen LogP) is 1.12. The molecule has 0 amide bonds. The van der Waals surface area contributed by atoms with E-state index >= 15 is 0 Å². The number of furan rings is 1. The molecule has 1 aromatic heterocycles. The van der Waals surface area contributed by atoms with Gasteiger partial charge in [0.2, 0.25) is 0 Å². The molecule has 0 aromatic carbocycles. The van der Waals surface area contributed by atoms with E-state index in [9.17, 15) is 0 Å². The third-order valence-corrected chi connectivity index (χ3v) is 2.24. The van der Waals surface area contributed by atoms with Crippen molar-refractivity contribution in [2.75, 3.05) is 19.8 Å². The molecular weight excluding hydrogens is 166 g/mol. The summed E-state index contributed by atoms with van der Waals surface area (Å²) in [7, 11) is 0. The predicted molar refractivity (Wildman–Crippen MR) is 49.8 cm³/mol. The molecule has 0 aliphatic carbocycles. The molecule has 1 atom stereocenters. The van der Waals surface area contributed by atoms with Crippen molar-refractivity contribution in [3.63, 3.8) is 0 Å². The molecular formula is C10H15NO2. The highest BCUT2D eigenvalue weighted by Gasteiger charge is 2.14. The Labute approximate surface area is 78.1 Å². The van der Waals surface area contributed by atoms with E-state index in [2.05, 4.69) is 5.32 Å². The standard InChI is InChI=1S/C10H15NO2/c1-8-2-3-10(13-8)6-9-7-12-5-4-11-9/h2-3,9,11H,4-7H2,1H3. The molecule has 13 heavy (non-hydrogen) atoms. The van der Waals surface area contributed by atoms with Crippen molar-refractivity contribution < 1.29 is 9.15 Å². The first-order chi connectivity index (χ1) is 6.34. The number of nitrogens with one attached hydrogen (secondary N) is 1. The van der Waals surface area contributed by atoms with Gasteiger partial charge in [-0.15, -0.1) is 0 Å². The molecule has 0 spiro atoms. The zero-order valence-corrected chi connectivity index (χ0v) is 7.88. The van der Waals surface area contributed by atoms with Crippen LogP contribution in [0, 0.1) is 6.92 Å². The minimum Gasteiger partial charge on any atom is -0.466 e. The summed E-state index contributed by atoms with van der Waals surface area (Å²) in [5.74, 6) is 2.02. The zero-order chi connectivity index (χ0) is 9.10. The summed E-state index contributed by atoms with van der Waals surface area (Å²) in [6, 6.07) is 4.45. The summed E-state index contributed by atoms with van der Waals surface area (Å²) >= 11 is 0. The van der Waals surface area contributed by atoms with Crippen LogP contribution in [0.4, 0.5) is 0 Å². The SMILES string of the molecule is Cc1ccc(CC2COCCN2)o1. The second-order valence-corrected chi connectivity index (χ2v) is 3.44. The lowest BCUT2D eigenvalue weighted by molar-refractivity contribution is 0.0753. The van der Waals surface area contributed by atoms with Gasteiger partial charge in [0.25, 0.3) is 0 Å². The maximum Gasteiger partial charge on any atom is 0.105 e. The van der Waals surface area contributed by atoms with Crippen molar-refractivity contribution in [2.24, 2.45) is 0 Å². The minimum absolute atomic E-state index is 0.416. The number of rotatable bonds is 2. The van der Waals surface area contributed by atoms with Crippen molar-refractivity contribution in [3.05, 3.63) is 23.7 Å². The van der Waals surface area contributed by atoms with Gasteiger partial charge in [-0.1, -0.05) is 0 Å². The van der Waals surface area contributed by atoms with Gasteiger partial charge in [0.15, 0.2) is 0 Å². The Kier molecular flexibility index (Phi) is 2.66. The molecule has 1 saturated heterocycles. The molecule has 72 valence electrons. The van der Waals surface area contributed by atoms with Crippen LogP contribution >= 0.6 is 0 Å². The van der Waals surface area contributed by atoms with Crippen molar-refractivity contribution in [3.8, 4) is 0 Å². The second kappa shape index (κ2) is 3.94. The number of ether oxygens (including phenoxy) is 1. The van der Waals surface area contributed by atoms with Crippen molar-refractivity contribution in [1.29, 1.82) is 0 Å². The quantitative estimate of drug-likeness (QED) is 0.742. The highest BCUT2D eigenvalue weighted by atomic mass is 16.5. The van der Waals surface area contributed by atoms with Crippen LogP contribution in [-0.4, -0.2) is 25.8 Å². The smallest absolute Gasteiger partial charge is 0.105 e. The van der Waals surface area contributed by atoms with Crippen molar-refractivity contribution in [1.82, 2.24) is 5.32 Å². The molecule has 1 aliphatic heterocycles. The fraction of sp³-hybridized carbons (Fsp3) is 0.600. The Balaban J connectivity index is 1.89. The zero-order valence-electron chi connectivity index (χ0n) is 7.88. The van der Waals surface area contributed by atoms with Gasteiger partial charge in [-0.3, -0.25) is 0 Å². The van der Waals surface area contributed by atoms with Gasteiger partial charge >= 0.3 is 0 Å². The Hall–Kier alpha value is -0.800. The van der Waals surface area contributed by atoms with E-state index in [4.69, 9.17) is 9.15 Å². The maximum absolute atomic E-state index is 5.49. The number of hydrogen-bond donors (Lipinski definition) is 1. The first-order valence-corrected chi connectivity index (χ1v) is 4.71. The topological polar surface area (TPSA) is 34.4 Å². The van der Waals surface area contributed by atoms with Gasteiger partial charge in [0, 0.05) is 19.0 Å². The molecule has 1 fully saturated rings. The minimum atomic E-state index is 0.416. The first kappa shape index (κ1) is 8.78. The van der Waals surface area contributed by atoms with Gasteiger partial charge in [0.1, 0.15) is 11.5 Å². The summed E-state index contributed by atoms with van der Waals surface area (Å²) in [6.07, 6.45) is 0.924. The molecule has 2 rings (SSSR count). The largest absolute Gasteiger partial charge is 0.466 e. The monoisotopic (exact) mass is 181 g/mol. The molecule has 2 heterocycles. The van der Waals surface area contributed by atoms with E-state index in [0.29, 0.717) is 6.04 Å². The average molecular weight is 181 g/mol. The highest BCUT2D eigenvalue weighted by Crippen LogP contribution is 2.09. The van der Waals surface area contributed by atoms with Gasteiger partial charge in [-0.2, -0.15) is 0 Å². The molecule has 0 bridgehead atoms. The van der Waals surface area contributed by atoms with Gasteiger partial charge in [0.05, 0.1) is 13.2 Å². The normalized spacial score (nSPS) is 23.3. The molecule has 1 aromatic rings. The number of aryl methyl sites for hydroxylation is 1. The van der Waals surface area contributed by atoms with Crippen LogP contribution in [0.15, 0.2) is 16.5 Å². The van der Waals surface area contributed by atoms with Crippen LogP contribution in [0.2, 0.25) is 0 Å². The van der Waals surface area contributed by atoms with Crippen LogP contribution in [-0.2, 0) is 11.2 Å². The third kappa shape index (κ3) is 2.32. The van der Waals surface area contributed by atoms with Gasteiger partial charge < -0.3 is 14.5 Å². The summed E-state index contributed by atoms with van der Waals surface area (Å²) in [5, 5.41) is 3.39. The third-order valence-electron chi connectivity index (χ3n) is 2.24. The fourth-order valence-electron chi connectivity index (χ4n) is 1.59. The van der Waals surface area contributed by atoms with E-state index in [1.165, 1.54) is 0 Å². The molecule has 1 N–H and O–H groups in total. The van der Waals surface area contributed by atoms with E-state index in [1.54, 1.807) is 0 Å². The Morgan fingerprint density at radius 3 is 3.08 bits per heavy atom. The van der Waals surface area contributed by atoms with E-state index in [-0.39, 0.29) is 0 Å². The van der Waals surface area contributed by atoms with E-state index < -0.39 is 0 Å². The lowest BCUT2D eigenvalue weighted by Gasteiger charge is -2.22. The molecule has 0 saturated carbocycles. The lowest BCUT2D eigenvalue weighted by Crippen LogP contribution is -2.42. The van der Waals surface area contributed by atoms with Crippen molar-refractivity contribution >= 4 is 0 Å². The van der Waals surface area contributed by atoms with Crippen molar-refractivity contribution in [2.45, 2.75) is 19.4 Å². The van der Waals surface area contributed by atoms with Crippen LogP contribution in [0.1, 0.15) is 11.5 Å². The highest BCUT2D eigenvalue weighted by molar-refractivity contribution is 5.07. The van der Waals surface area contributed by atoms with Crippen LogP contribution in [0.25, 0.3) is 0 Å². The number of morpholine rings is 1. The first-order valence-electron chi connectivity index (χ1n) is 4.71. The van der Waals surface area contributed by atoms with E-state index in [1.807, 2.05) is 19.1 Å². The summed E-state index contributed by atoms with van der Waals surface area (Å²) < 4.78 is 10.8.